The Morgan fingerprint density at radius 1 is 1.17 bits per heavy atom. The molecule has 3 aliphatic rings. The number of hydrogen-bond acceptors (Lipinski definition) is 5. The number of benzene rings is 1. The molecule has 3 saturated carbocycles. The van der Waals surface area contributed by atoms with Crippen LogP contribution in [0.1, 0.15) is 79.1 Å². The number of aliphatic hydroxyl groups is 1. The fourth-order valence-corrected chi connectivity index (χ4v) is 8.58. The van der Waals surface area contributed by atoms with E-state index in [0.29, 0.717) is 17.8 Å². The topological polar surface area (TPSA) is 77.2 Å². The van der Waals surface area contributed by atoms with Crippen LogP contribution in [0.25, 0.3) is 11.0 Å². The van der Waals surface area contributed by atoms with Crippen LogP contribution in [0.5, 0.6) is 5.75 Å². The SMILES string of the molecule is CC[C@H]1[C@@H]2CC[C@@H]3C[C@](C)(O)CC[C@@H]3[C@H]2CC[C@]1(C)[C@H](C)C(=O)Cn1nnc2ccc(OC)cc21. The monoisotopic (exact) mass is 481 g/mol. The molecule has 0 bridgehead atoms. The second-order valence-corrected chi connectivity index (χ2v) is 12.4. The van der Waals surface area contributed by atoms with Crippen molar-refractivity contribution in [2.45, 2.75) is 91.2 Å². The zero-order valence-electron chi connectivity index (χ0n) is 22.2. The number of rotatable bonds is 6. The Kier molecular flexibility index (Phi) is 6.48. The number of carbonyl (C=O) groups is 1. The van der Waals surface area contributed by atoms with Crippen LogP contribution in [0.3, 0.4) is 0 Å². The van der Waals surface area contributed by atoms with Crippen LogP contribution < -0.4 is 4.74 Å². The lowest BCUT2D eigenvalue weighted by atomic mass is 9.46. The van der Waals surface area contributed by atoms with E-state index < -0.39 is 5.60 Å². The van der Waals surface area contributed by atoms with Gasteiger partial charge in [-0.25, -0.2) is 4.68 Å². The maximum atomic E-state index is 13.7. The number of methoxy groups -OCH3 is 1. The Balaban J connectivity index is 1.34. The molecule has 0 amide bonds. The highest BCUT2D eigenvalue weighted by Crippen LogP contribution is 2.61. The number of nitrogens with zero attached hydrogens (tertiary/aromatic N) is 3. The van der Waals surface area contributed by atoms with Crippen LogP contribution in [0.2, 0.25) is 0 Å². The summed E-state index contributed by atoms with van der Waals surface area (Å²) >= 11 is 0. The Morgan fingerprint density at radius 2 is 1.94 bits per heavy atom. The van der Waals surface area contributed by atoms with Crippen LogP contribution in [0.15, 0.2) is 18.2 Å². The number of Topliss-reactive ketones (excluding diaryl/α,β-unsaturated/α-hetero) is 1. The van der Waals surface area contributed by atoms with Gasteiger partial charge in [0.05, 0.1) is 18.2 Å². The fourth-order valence-electron chi connectivity index (χ4n) is 8.58. The molecular formula is C29H43N3O3. The van der Waals surface area contributed by atoms with Gasteiger partial charge in [0.15, 0.2) is 5.78 Å². The van der Waals surface area contributed by atoms with Crippen molar-refractivity contribution in [3.8, 4) is 5.75 Å². The highest BCUT2D eigenvalue weighted by atomic mass is 16.5. The van der Waals surface area contributed by atoms with Crippen molar-refractivity contribution in [1.82, 2.24) is 15.0 Å². The van der Waals surface area contributed by atoms with E-state index in [9.17, 15) is 9.90 Å². The minimum Gasteiger partial charge on any atom is -0.497 e. The molecule has 1 N–H and O–H groups in total. The van der Waals surface area contributed by atoms with Crippen molar-refractivity contribution in [2.24, 2.45) is 40.9 Å². The molecule has 35 heavy (non-hydrogen) atoms. The lowest BCUT2D eigenvalue weighted by Crippen LogP contribution is -2.53. The third kappa shape index (κ3) is 4.30. The summed E-state index contributed by atoms with van der Waals surface area (Å²) in [5, 5.41) is 19.2. The van der Waals surface area contributed by atoms with E-state index >= 15 is 0 Å². The molecular weight excluding hydrogens is 438 g/mol. The average molecular weight is 482 g/mol. The second kappa shape index (κ2) is 9.17. The average Bonchev–Trinajstić information content (AvgIpc) is 3.24. The van der Waals surface area contributed by atoms with Gasteiger partial charge >= 0.3 is 0 Å². The normalized spacial score (nSPS) is 37.9. The molecule has 1 aromatic carbocycles. The number of ketones is 1. The summed E-state index contributed by atoms with van der Waals surface area (Å²) in [6.45, 7) is 9.17. The molecule has 0 aliphatic heterocycles. The van der Waals surface area contributed by atoms with E-state index in [1.807, 2.05) is 25.1 Å². The van der Waals surface area contributed by atoms with Gasteiger partial charge in [-0.1, -0.05) is 32.4 Å². The zero-order chi connectivity index (χ0) is 25.0. The molecule has 6 nitrogen and oxygen atoms in total. The van der Waals surface area contributed by atoms with Gasteiger partial charge < -0.3 is 9.84 Å². The molecule has 6 heteroatoms. The van der Waals surface area contributed by atoms with E-state index in [4.69, 9.17) is 4.74 Å². The van der Waals surface area contributed by atoms with Gasteiger partial charge in [0.1, 0.15) is 17.8 Å². The minimum absolute atomic E-state index is 0.00801. The van der Waals surface area contributed by atoms with Crippen LogP contribution >= 0.6 is 0 Å². The van der Waals surface area contributed by atoms with Crippen LogP contribution in [-0.2, 0) is 11.3 Å². The minimum atomic E-state index is -0.474. The number of hydrogen-bond donors (Lipinski definition) is 1. The highest BCUT2D eigenvalue weighted by molar-refractivity contribution is 5.84. The molecule has 192 valence electrons. The number of ether oxygens (including phenoxy) is 1. The quantitative estimate of drug-likeness (QED) is 0.576. The second-order valence-electron chi connectivity index (χ2n) is 12.4. The summed E-state index contributed by atoms with van der Waals surface area (Å²) in [7, 11) is 1.65. The first-order valence-corrected chi connectivity index (χ1v) is 13.8. The first-order chi connectivity index (χ1) is 16.7. The first-order valence-electron chi connectivity index (χ1n) is 13.8. The number of fused-ring (bicyclic) bond motifs is 4. The standard InChI is InChI=1S/C29H43N3O3/c1-6-24-23-9-7-19-16-28(3,34)13-11-21(19)22(23)12-14-29(24,4)18(2)27(33)17-32-26-15-20(35-5)8-10-25(26)30-31-32/h8,10,15,18-19,21-24,34H,6-7,9,11-14,16-17H2,1-5H3/t18-,19-,21+,22-,23-,24+,28-,29-/m1/s1. The Morgan fingerprint density at radius 3 is 2.69 bits per heavy atom. The molecule has 3 fully saturated rings. The summed E-state index contributed by atoms with van der Waals surface area (Å²) in [4.78, 5) is 13.7. The smallest absolute Gasteiger partial charge is 0.157 e. The van der Waals surface area contributed by atoms with Gasteiger partial charge in [-0.2, -0.15) is 0 Å². The number of aromatic nitrogens is 3. The third-order valence-electron chi connectivity index (χ3n) is 10.6. The summed E-state index contributed by atoms with van der Waals surface area (Å²) in [5.74, 6) is 4.44. The summed E-state index contributed by atoms with van der Waals surface area (Å²) in [6, 6.07) is 5.68. The van der Waals surface area contributed by atoms with Crippen molar-refractivity contribution in [2.75, 3.05) is 7.11 Å². The third-order valence-corrected chi connectivity index (χ3v) is 10.6. The maximum absolute atomic E-state index is 13.7. The predicted molar refractivity (Wildman–Crippen MR) is 137 cm³/mol. The van der Waals surface area contributed by atoms with Crippen molar-refractivity contribution < 1.29 is 14.6 Å². The van der Waals surface area contributed by atoms with Crippen LogP contribution in [0.4, 0.5) is 0 Å². The first kappa shape index (κ1) is 24.7. The largest absolute Gasteiger partial charge is 0.497 e. The predicted octanol–water partition coefficient (Wildman–Crippen LogP) is 5.66. The molecule has 2 aromatic rings. The van der Waals surface area contributed by atoms with Crippen molar-refractivity contribution in [3.05, 3.63) is 18.2 Å². The van der Waals surface area contributed by atoms with Gasteiger partial charge in [-0.05, 0) is 99.0 Å². The fraction of sp³-hybridized carbons (Fsp3) is 0.759. The molecule has 1 aromatic heterocycles. The van der Waals surface area contributed by atoms with E-state index in [0.717, 1.165) is 54.3 Å². The van der Waals surface area contributed by atoms with Gasteiger partial charge in [0.2, 0.25) is 0 Å². The summed E-state index contributed by atoms with van der Waals surface area (Å²) < 4.78 is 7.11. The summed E-state index contributed by atoms with van der Waals surface area (Å²) in [6.07, 6.45) is 9.05. The summed E-state index contributed by atoms with van der Waals surface area (Å²) in [5.41, 5.74) is 1.16. The van der Waals surface area contributed by atoms with Crippen molar-refractivity contribution >= 4 is 16.8 Å². The van der Waals surface area contributed by atoms with E-state index in [-0.39, 0.29) is 23.7 Å². The van der Waals surface area contributed by atoms with E-state index in [1.54, 1.807) is 11.8 Å². The van der Waals surface area contributed by atoms with Crippen molar-refractivity contribution in [3.63, 3.8) is 0 Å². The lowest BCUT2D eigenvalue weighted by molar-refractivity contribution is -0.139. The Hall–Kier alpha value is -1.95. The Labute approximate surface area is 209 Å². The molecule has 8 atom stereocenters. The van der Waals surface area contributed by atoms with Crippen LogP contribution in [-0.4, -0.2) is 38.6 Å². The molecule has 3 aliphatic carbocycles. The van der Waals surface area contributed by atoms with Gasteiger partial charge in [-0.15, -0.1) is 5.10 Å². The zero-order valence-corrected chi connectivity index (χ0v) is 22.2. The maximum Gasteiger partial charge on any atom is 0.157 e. The lowest BCUT2D eigenvalue weighted by Gasteiger charge is -2.58. The van der Waals surface area contributed by atoms with Gasteiger partial charge in [0.25, 0.3) is 0 Å². The van der Waals surface area contributed by atoms with E-state index in [1.165, 1.54) is 25.7 Å². The van der Waals surface area contributed by atoms with Crippen molar-refractivity contribution in [1.29, 1.82) is 0 Å². The molecule has 1 heterocycles. The molecule has 0 radical (unpaired) electrons. The molecule has 0 unspecified atom stereocenters. The molecule has 0 spiro atoms. The van der Waals surface area contributed by atoms with Gasteiger partial charge in [-0.3, -0.25) is 4.79 Å². The van der Waals surface area contributed by atoms with Crippen LogP contribution in [0, 0.1) is 40.9 Å². The highest BCUT2D eigenvalue weighted by Gasteiger charge is 2.54. The molecule has 5 rings (SSSR count). The Bertz CT molecular complexity index is 1080. The molecule has 0 saturated heterocycles. The number of carbonyl (C=O) groups excluding carboxylic acids is 1. The van der Waals surface area contributed by atoms with Gasteiger partial charge in [0, 0.05) is 12.0 Å². The van der Waals surface area contributed by atoms with E-state index in [2.05, 4.69) is 31.1 Å².